The summed E-state index contributed by atoms with van der Waals surface area (Å²) in [6, 6.07) is 6.18. The minimum Gasteiger partial charge on any atom is -0.507 e. The zero-order valence-electron chi connectivity index (χ0n) is 7.74. The number of anilines is 1. The number of phenols is 1. The molecule has 1 aromatic rings. The number of rotatable bonds is 2. The van der Waals surface area contributed by atoms with E-state index >= 15 is 0 Å². The molecule has 0 aliphatic heterocycles. The normalized spacial score (nSPS) is 9.14. The second-order valence-electron chi connectivity index (χ2n) is 2.75. The van der Waals surface area contributed by atoms with Gasteiger partial charge in [0.05, 0.1) is 5.56 Å². The largest absolute Gasteiger partial charge is 0.507 e. The third-order valence-corrected chi connectivity index (χ3v) is 1.72. The molecule has 0 spiro atoms. The van der Waals surface area contributed by atoms with E-state index in [9.17, 15) is 9.90 Å². The lowest BCUT2D eigenvalue weighted by Crippen LogP contribution is -2.09. The molecule has 0 aliphatic rings. The van der Waals surface area contributed by atoms with E-state index < -0.39 is 0 Å². The number of carbonyl (C=O) groups is 1. The van der Waals surface area contributed by atoms with Crippen molar-refractivity contribution in [1.82, 2.24) is 0 Å². The van der Waals surface area contributed by atoms with Crippen LogP contribution in [0.4, 0.5) is 5.69 Å². The van der Waals surface area contributed by atoms with E-state index in [1.165, 1.54) is 12.1 Å². The molecule has 4 nitrogen and oxygen atoms in total. The number of benzene rings is 1. The lowest BCUT2D eigenvalue weighted by molar-refractivity contribution is -0.115. The molecule has 4 heteroatoms. The number of carbonyl (C=O) groups excluding carboxylic acids is 1. The monoisotopic (exact) mass is 190 g/mol. The van der Waals surface area contributed by atoms with Gasteiger partial charge in [-0.2, -0.15) is 5.26 Å². The van der Waals surface area contributed by atoms with Crippen LogP contribution >= 0.6 is 0 Å². The molecule has 0 bridgehead atoms. The van der Waals surface area contributed by atoms with E-state index in [1.807, 2.05) is 6.07 Å². The lowest BCUT2D eigenvalue weighted by atomic mass is 10.2. The van der Waals surface area contributed by atoms with E-state index in [0.717, 1.165) is 0 Å². The third kappa shape index (κ3) is 2.23. The number of nitriles is 1. The second kappa shape index (κ2) is 4.28. The van der Waals surface area contributed by atoms with E-state index in [2.05, 4.69) is 5.32 Å². The fourth-order valence-electron chi connectivity index (χ4n) is 0.953. The van der Waals surface area contributed by atoms with Gasteiger partial charge in [-0.1, -0.05) is 6.92 Å². The molecule has 1 amide bonds. The molecule has 14 heavy (non-hydrogen) atoms. The molecule has 1 aromatic carbocycles. The molecule has 1 rings (SSSR count). The molecule has 0 unspecified atom stereocenters. The van der Waals surface area contributed by atoms with Crippen LogP contribution in [-0.4, -0.2) is 11.0 Å². The Morgan fingerprint density at radius 1 is 1.64 bits per heavy atom. The molecule has 0 atom stereocenters. The summed E-state index contributed by atoms with van der Waals surface area (Å²) >= 11 is 0. The standard InChI is InChI=1S/C10H10N2O2/c1-2-10(14)12-8-3-4-9(13)7(5-8)6-11/h3-5,13H,2H2,1H3,(H,12,14). The smallest absolute Gasteiger partial charge is 0.224 e. The number of nitrogens with zero attached hydrogens (tertiary/aromatic N) is 1. The summed E-state index contributed by atoms with van der Waals surface area (Å²) < 4.78 is 0. The molecule has 0 saturated carbocycles. The van der Waals surface area contributed by atoms with Gasteiger partial charge in [-0.15, -0.1) is 0 Å². The number of phenolic OH excluding ortho intramolecular Hbond substituents is 1. The Morgan fingerprint density at radius 2 is 2.36 bits per heavy atom. The quantitative estimate of drug-likeness (QED) is 0.696. The zero-order chi connectivity index (χ0) is 10.6. The zero-order valence-corrected chi connectivity index (χ0v) is 7.74. The van der Waals surface area contributed by atoms with Crippen molar-refractivity contribution in [3.05, 3.63) is 23.8 Å². The predicted molar refractivity (Wildman–Crippen MR) is 51.7 cm³/mol. The average molecular weight is 190 g/mol. The van der Waals surface area contributed by atoms with Crippen LogP contribution in [0.2, 0.25) is 0 Å². The fraction of sp³-hybridized carbons (Fsp3) is 0.200. The van der Waals surface area contributed by atoms with Crippen LogP contribution < -0.4 is 5.32 Å². The first-order valence-corrected chi connectivity index (χ1v) is 4.20. The highest BCUT2D eigenvalue weighted by Gasteiger charge is 2.03. The number of hydrogen-bond donors (Lipinski definition) is 2. The maximum Gasteiger partial charge on any atom is 0.224 e. The Labute approximate surface area is 81.8 Å². The summed E-state index contributed by atoms with van der Waals surface area (Å²) in [6.45, 7) is 1.74. The minimum atomic E-state index is -0.125. The Hall–Kier alpha value is -2.02. The molecular weight excluding hydrogens is 180 g/mol. The number of amides is 1. The van der Waals surface area contributed by atoms with Crippen LogP contribution in [0.25, 0.3) is 0 Å². The molecule has 72 valence electrons. The van der Waals surface area contributed by atoms with Crippen molar-refractivity contribution >= 4 is 11.6 Å². The minimum absolute atomic E-state index is 0.0815. The Kier molecular flexibility index (Phi) is 3.08. The van der Waals surface area contributed by atoms with Gasteiger partial charge in [-0.3, -0.25) is 4.79 Å². The topological polar surface area (TPSA) is 73.1 Å². The average Bonchev–Trinajstić information content (AvgIpc) is 2.20. The van der Waals surface area contributed by atoms with Crippen LogP contribution in [0.1, 0.15) is 18.9 Å². The molecule has 0 heterocycles. The van der Waals surface area contributed by atoms with Crippen molar-refractivity contribution in [2.75, 3.05) is 5.32 Å². The van der Waals surface area contributed by atoms with Crippen molar-refractivity contribution in [1.29, 1.82) is 5.26 Å². The van der Waals surface area contributed by atoms with Crippen molar-refractivity contribution in [2.24, 2.45) is 0 Å². The third-order valence-electron chi connectivity index (χ3n) is 1.72. The van der Waals surface area contributed by atoms with E-state index in [-0.39, 0.29) is 17.2 Å². The number of aromatic hydroxyl groups is 1. The predicted octanol–water partition coefficient (Wildman–Crippen LogP) is 1.61. The van der Waals surface area contributed by atoms with Gasteiger partial charge in [0.15, 0.2) is 0 Å². The molecule has 0 saturated heterocycles. The van der Waals surface area contributed by atoms with Crippen molar-refractivity contribution in [3.63, 3.8) is 0 Å². The highest BCUT2D eigenvalue weighted by molar-refractivity contribution is 5.90. The Morgan fingerprint density at radius 3 is 2.93 bits per heavy atom. The number of hydrogen-bond acceptors (Lipinski definition) is 3. The lowest BCUT2D eigenvalue weighted by Gasteiger charge is -2.04. The molecule has 2 N–H and O–H groups in total. The summed E-state index contributed by atoms with van der Waals surface area (Å²) in [7, 11) is 0. The summed E-state index contributed by atoms with van der Waals surface area (Å²) in [5, 5.41) is 20.4. The van der Waals surface area contributed by atoms with E-state index in [1.54, 1.807) is 13.0 Å². The molecule has 0 fully saturated rings. The van der Waals surface area contributed by atoms with Gasteiger partial charge in [0.25, 0.3) is 0 Å². The number of nitrogens with one attached hydrogen (secondary N) is 1. The highest BCUT2D eigenvalue weighted by Crippen LogP contribution is 2.20. The summed E-state index contributed by atoms with van der Waals surface area (Å²) in [6.07, 6.45) is 0.378. The van der Waals surface area contributed by atoms with Crippen LogP contribution in [0, 0.1) is 11.3 Å². The van der Waals surface area contributed by atoms with Gasteiger partial charge in [-0.05, 0) is 18.2 Å². The molecule has 0 aliphatic carbocycles. The molecule has 0 aromatic heterocycles. The van der Waals surface area contributed by atoms with Crippen LogP contribution in [0.5, 0.6) is 5.75 Å². The van der Waals surface area contributed by atoms with E-state index in [0.29, 0.717) is 12.1 Å². The second-order valence-corrected chi connectivity index (χ2v) is 2.75. The Balaban J connectivity index is 2.91. The summed E-state index contributed by atoms with van der Waals surface area (Å²) in [4.78, 5) is 11.0. The van der Waals surface area contributed by atoms with Crippen molar-refractivity contribution in [3.8, 4) is 11.8 Å². The van der Waals surface area contributed by atoms with Gasteiger partial charge in [0.1, 0.15) is 11.8 Å². The van der Waals surface area contributed by atoms with Crippen LogP contribution in [-0.2, 0) is 4.79 Å². The highest BCUT2D eigenvalue weighted by atomic mass is 16.3. The van der Waals surface area contributed by atoms with Gasteiger partial charge >= 0.3 is 0 Å². The van der Waals surface area contributed by atoms with Gasteiger partial charge in [0, 0.05) is 12.1 Å². The first kappa shape index (κ1) is 10.1. The van der Waals surface area contributed by atoms with Crippen molar-refractivity contribution in [2.45, 2.75) is 13.3 Å². The molecular formula is C10H10N2O2. The van der Waals surface area contributed by atoms with Crippen molar-refractivity contribution < 1.29 is 9.90 Å². The fourth-order valence-corrected chi connectivity index (χ4v) is 0.953. The maximum absolute atomic E-state index is 11.0. The maximum atomic E-state index is 11.0. The van der Waals surface area contributed by atoms with Gasteiger partial charge in [-0.25, -0.2) is 0 Å². The molecule has 0 radical (unpaired) electrons. The van der Waals surface area contributed by atoms with E-state index in [4.69, 9.17) is 5.26 Å². The first-order valence-electron chi connectivity index (χ1n) is 4.20. The SMILES string of the molecule is CCC(=O)Nc1ccc(O)c(C#N)c1. The van der Waals surface area contributed by atoms with Crippen LogP contribution in [0.3, 0.4) is 0 Å². The Bertz CT molecular complexity index is 394. The summed E-state index contributed by atoms with van der Waals surface area (Å²) in [5.41, 5.74) is 0.671. The van der Waals surface area contributed by atoms with Gasteiger partial charge in [0.2, 0.25) is 5.91 Å². The van der Waals surface area contributed by atoms with Gasteiger partial charge < -0.3 is 10.4 Å². The van der Waals surface area contributed by atoms with Crippen LogP contribution in [0.15, 0.2) is 18.2 Å². The summed E-state index contributed by atoms with van der Waals surface area (Å²) in [5.74, 6) is -0.207. The first-order chi connectivity index (χ1) is 6.67.